The largest absolute Gasteiger partial charge is 0.508 e. The van der Waals surface area contributed by atoms with Crippen molar-refractivity contribution < 1.29 is 29.2 Å². The fourth-order valence-corrected chi connectivity index (χ4v) is 3.95. The van der Waals surface area contributed by atoms with Gasteiger partial charge in [-0.25, -0.2) is 8.78 Å². The molecule has 0 heterocycles. The predicted molar refractivity (Wildman–Crippen MR) is 116 cm³/mol. The zero-order chi connectivity index (χ0) is 22.8. The number of hydrogen-bond donors (Lipinski definition) is 4. The van der Waals surface area contributed by atoms with E-state index in [1.165, 1.54) is 48.5 Å². The van der Waals surface area contributed by atoms with E-state index >= 15 is 0 Å². The molecule has 0 fully saturated rings. The summed E-state index contributed by atoms with van der Waals surface area (Å²) in [4.78, 5) is 0. The average Bonchev–Trinajstić information content (AvgIpc) is 2.78. The molecule has 162 valence electrons. The van der Waals surface area contributed by atoms with Gasteiger partial charge in [0.2, 0.25) is 0 Å². The summed E-state index contributed by atoms with van der Waals surface area (Å²) in [6, 6.07) is 20.9. The van der Waals surface area contributed by atoms with E-state index in [2.05, 4.69) is 0 Å². The van der Waals surface area contributed by atoms with Gasteiger partial charge in [-0.05, 0) is 70.8 Å². The first-order valence-electron chi connectivity index (χ1n) is 9.88. The minimum atomic E-state index is -0.818. The fourth-order valence-electron chi connectivity index (χ4n) is 3.95. The molecule has 4 aromatic carbocycles. The SMILES string of the molecule is Oc1ccc(C(c2ccc(O)cc2)C(c2ccc(O)c(F)c2)c2ccc(O)c(F)c2)cc1. The van der Waals surface area contributed by atoms with Crippen LogP contribution < -0.4 is 0 Å². The van der Waals surface area contributed by atoms with Crippen LogP contribution in [-0.4, -0.2) is 20.4 Å². The second kappa shape index (κ2) is 8.59. The van der Waals surface area contributed by atoms with E-state index in [0.29, 0.717) is 11.1 Å². The fraction of sp³-hybridized carbons (Fsp3) is 0.0769. The standard InChI is InChI=1S/C26H20F2O4/c27-21-13-17(5-11-23(21)31)26(18-6-12-24(32)22(28)14-18)25(15-1-7-19(29)8-2-15)16-3-9-20(30)10-4-16/h1-14,25-26,29-32H. The Balaban J connectivity index is 1.98. The molecular weight excluding hydrogens is 414 g/mol. The zero-order valence-electron chi connectivity index (χ0n) is 16.8. The van der Waals surface area contributed by atoms with Crippen LogP contribution in [0.15, 0.2) is 84.9 Å². The molecule has 0 aliphatic carbocycles. The molecule has 0 aliphatic heterocycles. The van der Waals surface area contributed by atoms with Crippen LogP contribution in [0.2, 0.25) is 0 Å². The van der Waals surface area contributed by atoms with Gasteiger partial charge >= 0.3 is 0 Å². The van der Waals surface area contributed by atoms with Gasteiger partial charge in [-0.15, -0.1) is 0 Å². The van der Waals surface area contributed by atoms with Crippen LogP contribution in [0.4, 0.5) is 8.78 Å². The van der Waals surface area contributed by atoms with Crippen molar-refractivity contribution in [2.24, 2.45) is 0 Å². The summed E-state index contributed by atoms with van der Waals surface area (Å²) in [6.07, 6.45) is 0. The van der Waals surface area contributed by atoms with Crippen LogP contribution in [0.25, 0.3) is 0 Å². The number of phenols is 4. The first kappa shape index (κ1) is 21.2. The number of hydrogen-bond acceptors (Lipinski definition) is 4. The molecule has 0 radical (unpaired) electrons. The van der Waals surface area contributed by atoms with Crippen molar-refractivity contribution in [1.29, 1.82) is 0 Å². The van der Waals surface area contributed by atoms with E-state index < -0.39 is 35.0 Å². The van der Waals surface area contributed by atoms with Crippen LogP contribution in [-0.2, 0) is 0 Å². The minimum Gasteiger partial charge on any atom is -0.508 e. The van der Waals surface area contributed by atoms with Gasteiger partial charge in [-0.3, -0.25) is 0 Å². The van der Waals surface area contributed by atoms with Crippen molar-refractivity contribution in [2.45, 2.75) is 11.8 Å². The lowest BCUT2D eigenvalue weighted by atomic mass is 9.73. The van der Waals surface area contributed by atoms with E-state index in [0.717, 1.165) is 11.1 Å². The molecule has 0 spiro atoms. The summed E-state index contributed by atoms with van der Waals surface area (Å²) < 4.78 is 28.7. The third-order valence-electron chi connectivity index (χ3n) is 5.50. The van der Waals surface area contributed by atoms with Crippen molar-refractivity contribution in [2.75, 3.05) is 0 Å². The highest BCUT2D eigenvalue weighted by atomic mass is 19.1. The van der Waals surface area contributed by atoms with E-state index in [1.54, 1.807) is 36.4 Å². The Hall–Kier alpha value is -4.06. The van der Waals surface area contributed by atoms with E-state index in [9.17, 15) is 29.2 Å². The summed E-state index contributed by atoms with van der Waals surface area (Å²) in [7, 11) is 0. The van der Waals surface area contributed by atoms with Crippen LogP contribution in [0.5, 0.6) is 23.0 Å². The zero-order valence-corrected chi connectivity index (χ0v) is 16.8. The summed E-state index contributed by atoms with van der Waals surface area (Å²) in [5.41, 5.74) is 2.44. The Bertz CT molecular complexity index is 1140. The molecule has 6 heteroatoms. The van der Waals surface area contributed by atoms with Crippen molar-refractivity contribution >= 4 is 0 Å². The third kappa shape index (κ3) is 4.21. The lowest BCUT2D eigenvalue weighted by molar-refractivity contribution is 0.430. The van der Waals surface area contributed by atoms with Gasteiger partial charge in [0.05, 0.1) is 0 Å². The summed E-state index contributed by atoms with van der Waals surface area (Å²) in [5, 5.41) is 38.9. The third-order valence-corrected chi connectivity index (χ3v) is 5.50. The normalized spacial score (nSPS) is 11.2. The number of aromatic hydroxyl groups is 4. The maximum Gasteiger partial charge on any atom is 0.165 e. The molecule has 0 atom stereocenters. The van der Waals surface area contributed by atoms with Crippen molar-refractivity contribution in [1.82, 2.24) is 0 Å². The number of rotatable bonds is 5. The first-order chi connectivity index (χ1) is 15.3. The highest BCUT2D eigenvalue weighted by Gasteiger charge is 2.29. The molecule has 4 rings (SSSR count). The molecule has 4 N–H and O–H groups in total. The molecule has 0 unspecified atom stereocenters. The second-order valence-electron chi connectivity index (χ2n) is 7.56. The van der Waals surface area contributed by atoms with Gasteiger partial charge in [0.1, 0.15) is 11.5 Å². The molecule has 4 nitrogen and oxygen atoms in total. The summed E-state index contributed by atoms with van der Waals surface area (Å²) in [5.74, 6) is -3.62. The maximum atomic E-state index is 14.3. The van der Waals surface area contributed by atoms with Crippen molar-refractivity contribution in [3.05, 3.63) is 119 Å². The molecule has 0 aliphatic rings. The van der Waals surface area contributed by atoms with Crippen molar-refractivity contribution in [3.8, 4) is 23.0 Å². The highest BCUT2D eigenvalue weighted by Crippen LogP contribution is 2.44. The van der Waals surface area contributed by atoms with Crippen LogP contribution in [0.1, 0.15) is 34.1 Å². The predicted octanol–water partition coefficient (Wildman–Crippen LogP) is 5.75. The molecule has 0 bridgehead atoms. The average molecular weight is 434 g/mol. The Morgan fingerprint density at radius 3 is 1.09 bits per heavy atom. The molecular formula is C26H20F2O4. The smallest absolute Gasteiger partial charge is 0.165 e. The van der Waals surface area contributed by atoms with Crippen LogP contribution in [0.3, 0.4) is 0 Å². The van der Waals surface area contributed by atoms with Crippen LogP contribution >= 0.6 is 0 Å². The van der Waals surface area contributed by atoms with Gasteiger partial charge in [0.25, 0.3) is 0 Å². The van der Waals surface area contributed by atoms with Crippen molar-refractivity contribution in [3.63, 3.8) is 0 Å². The van der Waals surface area contributed by atoms with E-state index in [-0.39, 0.29) is 11.5 Å². The second-order valence-corrected chi connectivity index (χ2v) is 7.56. The Kier molecular flexibility index (Phi) is 5.69. The summed E-state index contributed by atoms with van der Waals surface area (Å²) >= 11 is 0. The molecule has 0 saturated heterocycles. The topological polar surface area (TPSA) is 80.9 Å². The number of phenolic OH excluding ortho intramolecular Hbond substituents is 4. The van der Waals surface area contributed by atoms with E-state index in [1.807, 2.05) is 0 Å². The molecule has 0 amide bonds. The monoisotopic (exact) mass is 434 g/mol. The molecule has 0 saturated carbocycles. The maximum absolute atomic E-state index is 14.3. The molecule has 0 aromatic heterocycles. The quantitative estimate of drug-likeness (QED) is 0.322. The lowest BCUT2D eigenvalue weighted by Gasteiger charge is -2.30. The highest BCUT2D eigenvalue weighted by molar-refractivity contribution is 5.48. The Morgan fingerprint density at radius 1 is 0.438 bits per heavy atom. The Labute approximate surface area is 183 Å². The molecule has 4 aromatic rings. The number of halogens is 2. The Morgan fingerprint density at radius 2 is 0.750 bits per heavy atom. The number of benzene rings is 4. The van der Waals surface area contributed by atoms with Crippen LogP contribution in [0, 0.1) is 11.6 Å². The van der Waals surface area contributed by atoms with Gasteiger partial charge in [0.15, 0.2) is 23.1 Å². The molecule has 32 heavy (non-hydrogen) atoms. The van der Waals surface area contributed by atoms with E-state index in [4.69, 9.17) is 0 Å². The minimum absolute atomic E-state index is 0.0705. The van der Waals surface area contributed by atoms with Gasteiger partial charge in [0, 0.05) is 11.8 Å². The first-order valence-corrected chi connectivity index (χ1v) is 9.88. The van der Waals surface area contributed by atoms with Gasteiger partial charge in [-0.1, -0.05) is 36.4 Å². The van der Waals surface area contributed by atoms with Gasteiger partial charge < -0.3 is 20.4 Å². The lowest BCUT2D eigenvalue weighted by Crippen LogP contribution is -2.15. The summed E-state index contributed by atoms with van der Waals surface area (Å²) in [6.45, 7) is 0. The van der Waals surface area contributed by atoms with Gasteiger partial charge in [-0.2, -0.15) is 0 Å².